The Balaban J connectivity index is 2.12. The van der Waals surface area contributed by atoms with Crippen LogP contribution in [0.3, 0.4) is 0 Å². The molecule has 88 valence electrons. The summed E-state index contributed by atoms with van der Waals surface area (Å²) in [7, 11) is 0. The summed E-state index contributed by atoms with van der Waals surface area (Å²) in [6.07, 6.45) is 2.37. The monoisotopic (exact) mass is 220 g/mol. The molecule has 0 aliphatic carbocycles. The normalized spacial score (nSPS) is 19.6. The fourth-order valence-corrected chi connectivity index (χ4v) is 2.35. The third-order valence-corrected chi connectivity index (χ3v) is 3.39. The van der Waals surface area contributed by atoms with E-state index >= 15 is 0 Å². The van der Waals surface area contributed by atoms with Crippen LogP contribution in [0.1, 0.15) is 24.0 Å². The smallest absolute Gasteiger partial charge is 0.0712 e. The molecule has 1 saturated heterocycles. The van der Waals surface area contributed by atoms with E-state index < -0.39 is 5.60 Å². The maximum Gasteiger partial charge on any atom is 0.0712 e. The molecular formula is C13H20N2O. The van der Waals surface area contributed by atoms with Crippen LogP contribution in [0.25, 0.3) is 0 Å². The van der Waals surface area contributed by atoms with Gasteiger partial charge in [-0.25, -0.2) is 0 Å². The van der Waals surface area contributed by atoms with Crippen molar-refractivity contribution in [3.8, 4) is 0 Å². The molecule has 1 heterocycles. The van der Waals surface area contributed by atoms with Gasteiger partial charge in [0.15, 0.2) is 0 Å². The molecule has 1 aliphatic heterocycles. The molecule has 0 aromatic heterocycles. The first-order chi connectivity index (χ1) is 7.73. The number of nitrogens with one attached hydrogen (secondary N) is 1. The van der Waals surface area contributed by atoms with Gasteiger partial charge in [-0.05, 0) is 37.1 Å². The highest BCUT2D eigenvalue weighted by Gasteiger charge is 2.29. The quantitative estimate of drug-likeness (QED) is 0.706. The van der Waals surface area contributed by atoms with Gasteiger partial charge in [0.25, 0.3) is 0 Å². The Morgan fingerprint density at radius 2 is 1.81 bits per heavy atom. The lowest BCUT2D eigenvalue weighted by Crippen LogP contribution is -2.43. The Labute approximate surface area is 96.7 Å². The van der Waals surface area contributed by atoms with Gasteiger partial charge in [-0.15, -0.1) is 0 Å². The van der Waals surface area contributed by atoms with Crippen LogP contribution in [0, 0.1) is 0 Å². The maximum atomic E-state index is 10.5. The average molecular weight is 220 g/mol. The van der Waals surface area contributed by atoms with Gasteiger partial charge in [-0.2, -0.15) is 0 Å². The minimum Gasteiger partial charge on any atom is -0.389 e. The van der Waals surface area contributed by atoms with Crippen molar-refractivity contribution in [3.63, 3.8) is 0 Å². The van der Waals surface area contributed by atoms with Gasteiger partial charge in [-0.1, -0.05) is 24.3 Å². The van der Waals surface area contributed by atoms with E-state index in [1.165, 1.54) is 5.56 Å². The summed E-state index contributed by atoms with van der Waals surface area (Å²) in [5, 5.41) is 13.7. The van der Waals surface area contributed by atoms with Crippen molar-refractivity contribution in [1.29, 1.82) is 0 Å². The molecule has 0 radical (unpaired) electrons. The molecule has 1 fully saturated rings. The highest BCUT2D eigenvalue weighted by molar-refractivity contribution is 5.28. The van der Waals surface area contributed by atoms with Crippen molar-refractivity contribution < 1.29 is 5.11 Å². The second kappa shape index (κ2) is 4.95. The van der Waals surface area contributed by atoms with Crippen LogP contribution in [0.4, 0.5) is 0 Å². The standard InChI is InChI=1S/C13H20N2O/c14-10-12-4-2-1-3-11(12)9-13(16)5-7-15-8-6-13/h1-4,15-16H,5-10,14H2. The molecule has 0 amide bonds. The minimum absolute atomic E-state index is 0.545. The van der Waals surface area contributed by atoms with Crippen molar-refractivity contribution in [3.05, 3.63) is 35.4 Å². The first kappa shape index (κ1) is 11.6. The molecule has 0 spiro atoms. The fourth-order valence-electron chi connectivity index (χ4n) is 2.35. The lowest BCUT2D eigenvalue weighted by molar-refractivity contribution is 0.0107. The zero-order valence-electron chi connectivity index (χ0n) is 9.58. The van der Waals surface area contributed by atoms with E-state index in [2.05, 4.69) is 11.4 Å². The first-order valence-corrected chi connectivity index (χ1v) is 5.93. The van der Waals surface area contributed by atoms with E-state index in [-0.39, 0.29) is 0 Å². The molecule has 0 saturated carbocycles. The van der Waals surface area contributed by atoms with Gasteiger partial charge in [-0.3, -0.25) is 0 Å². The van der Waals surface area contributed by atoms with E-state index in [1.54, 1.807) is 0 Å². The molecule has 3 heteroatoms. The second-order valence-electron chi connectivity index (χ2n) is 4.62. The average Bonchev–Trinajstić information content (AvgIpc) is 2.30. The summed E-state index contributed by atoms with van der Waals surface area (Å²) in [5.41, 5.74) is 7.50. The van der Waals surface area contributed by atoms with Gasteiger partial charge in [0.05, 0.1) is 5.60 Å². The summed E-state index contributed by atoms with van der Waals surface area (Å²) >= 11 is 0. The molecule has 4 N–H and O–H groups in total. The lowest BCUT2D eigenvalue weighted by atomic mass is 9.84. The Bertz CT molecular complexity index is 346. The highest BCUT2D eigenvalue weighted by Crippen LogP contribution is 2.24. The van der Waals surface area contributed by atoms with E-state index in [9.17, 15) is 5.11 Å². The third-order valence-electron chi connectivity index (χ3n) is 3.39. The summed E-state index contributed by atoms with van der Waals surface area (Å²) in [6, 6.07) is 8.12. The van der Waals surface area contributed by atoms with Crippen molar-refractivity contribution in [2.45, 2.75) is 31.4 Å². The molecule has 0 unspecified atom stereocenters. The van der Waals surface area contributed by atoms with Gasteiger partial charge >= 0.3 is 0 Å². The molecule has 1 aromatic rings. The number of nitrogens with two attached hydrogens (primary N) is 1. The summed E-state index contributed by atoms with van der Waals surface area (Å²) in [4.78, 5) is 0. The van der Waals surface area contributed by atoms with Crippen molar-refractivity contribution >= 4 is 0 Å². The third kappa shape index (κ3) is 2.61. The number of piperidine rings is 1. The Kier molecular flexibility index (Phi) is 3.59. The highest BCUT2D eigenvalue weighted by atomic mass is 16.3. The fraction of sp³-hybridized carbons (Fsp3) is 0.538. The van der Waals surface area contributed by atoms with Crippen molar-refractivity contribution in [1.82, 2.24) is 5.32 Å². The Hall–Kier alpha value is -0.900. The second-order valence-corrected chi connectivity index (χ2v) is 4.62. The topological polar surface area (TPSA) is 58.3 Å². The van der Waals surface area contributed by atoms with Gasteiger partial charge in [0.2, 0.25) is 0 Å². The number of benzene rings is 1. The SMILES string of the molecule is NCc1ccccc1CC1(O)CCNCC1. The molecule has 0 bridgehead atoms. The molecule has 1 aromatic carbocycles. The van der Waals surface area contributed by atoms with E-state index in [0.717, 1.165) is 37.9 Å². The molecule has 2 rings (SSSR count). The lowest BCUT2D eigenvalue weighted by Gasteiger charge is -2.33. The van der Waals surface area contributed by atoms with E-state index in [1.807, 2.05) is 18.2 Å². The molecule has 1 aliphatic rings. The Morgan fingerprint density at radius 3 is 2.44 bits per heavy atom. The van der Waals surface area contributed by atoms with Crippen LogP contribution < -0.4 is 11.1 Å². The Morgan fingerprint density at radius 1 is 1.19 bits per heavy atom. The van der Waals surface area contributed by atoms with Crippen molar-refractivity contribution in [2.24, 2.45) is 5.73 Å². The van der Waals surface area contributed by atoms with Crippen LogP contribution in [0.2, 0.25) is 0 Å². The largest absolute Gasteiger partial charge is 0.389 e. The predicted molar refractivity (Wildman–Crippen MR) is 65.1 cm³/mol. The maximum absolute atomic E-state index is 10.5. The summed E-state index contributed by atoms with van der Waals surface area (Å²) in [6.45, 7) is 2.35. The molecule has 3 nitrogen and oxygen atoms in total. The van der Waals surface area contributed by atoms with E-state index in [0.29, 0.717) is 6.54 Å². The minimum atomic E-state index is -0.545. The van der Waals surface area contributed by atoms with Crippen LogP contribution in [-0.2, 0) is 13.0 Å². The predicted octanol–water partition coefficient (Wildman–Crippen LogP) is 0.802. The van der Waals surface area contributed by atoms with Crippen LogP contribution in [-0.4, -0.2) is 23.8 Å². The summed E-state index contributed by atoms with van der Waals surface area (Å²) in [5.74, 6) is 0. The number of rotatable bonds is 3. The van der Waals surface area contributed by atoms with Gasteiger partial charge < -0.3 is 16.2 Å². The van der Waals surface area contributed by atoms with Crippen LogP contribution in [0.5, 0.6) is 0 Å². The number of hydrogen-bond donors (Lipinski definition) is 3. The van der Waals surface area contributed by atoms with Crippen molar-refractivity contribution in [2.75, 3.05) is 13.1 Å². The van der Waals surface area contributed by atoms with Gasteiger partial charge in [0.1, 0.15) is 0 Å². The molecule has 16 heavy (non-hydrogen) atoms. The van der Waals surface area contributed by atoms with Crippen LogP contribution >= 0.6 is 0 Å². The molecular weight excluding hydrogens is 200 g/mol. The van der Waals surface area contributed by atoms with Crippen LogP contribution in [0.15, 0.2) is 24.3 Å². The van der Waals surface area contributed by atoms with E-state index in [4.69, 9.17) is 5.73 Å². The van der Waals surface area contributed by atoms with Gasteiger partial charge in [0, 0.05) is 13.0 Å². The zero-order chi connectivity index (χ0) is 11.4. The first-order valence-electron chi connectivity index (χ1n) is 5.93. The zero-order valence-corrected chi connectivity index (χ0v) is 9.58. The summed E-state index contributed by atoms with van der Waals surface area (Å²) < 4.78 is 0. The number of aliphatic hydroxyl groups is 1. The molecule has 0 atom stereocenters. The number of hydrogen-bond acceptors (Lipinski definition) is 3.